The number of benzene rings is 2. The number of carbonyl (C=O) groups is 1. The van der Waals surface area contributed by atoms with Crippen LogP contribution in [0.3, 0.4) is 0 Å². The molecule has 3 rings (SSSR count). The van der Waals surface area contributed by atoms with Gasteiger partial charge in [0.25, 0.3) is 0 Å². The number of rotatable bonds is 5. The number of esters is 1. The number of hydrogen-bond donors (Lipinski definition) is 1. The second-order valence-corrected chi connectivity index (χ2v) is 7.37. The molecule has 1 heterocycles. The van der Waals surface area contributed by atoms with Crippen molar-refractivity contribution in [2.75, 3.05) is 0 Å². The Morgan fingerprint density at radius 1 is 1.26 bits per heavy atom. The van der Waals surface area contributed by atoms with Crippen LogP contribution in [0, 0.1) is 0 Å². The van der Waals surface area contributed by atoms with Crippen molar-refractivity contribution < 1.29 is 26.7 Å². The molecule has 0 saturated carbocycles. The summed E-state index contributed by atoms with van der Waals surface area (Å²) in [5.74, 6) is -1.09. The minimum atomic E-state index is -4.15. The monoisotopic (exact) mass is 415 g/mol. The molecule has 0 bridgehead atoms. The Bertz CT molecular complexity index is 1130. The maximum Gasteiger partial charge on any atom is 0.338 e. The molecule has 2 N–H and O–H groups in total. The summed E-state index contributed by atoms with van der Waals surface area (Å²) in [4.78, 5) is 15.8. The highest BCUT2D eigenvalue weighted by molar-refractivity contribution is 7.89. The van der Waals surface area contributed by atoms with Crippen molar-refractivity contribution in [2.24, 2.45) is 5.14 Å². The molecule has 11 heteroatoms. The molecule has 0 radical (unpaired) electrons. The van der Waals surface area contributed by atoms with Crippen LogP contribution in [0.4, 0.5) is 8.78 Å². The predicted octanol–water partition coefficient (Wildman–Crippen LogP) is 3.09. The molecule has 3 aromatic rings. The number of imidazole rings is 1. The number of aromatic nitrogens is 2. The van der Waals surface area contributed by atoms with Crippen LogP contribution in [0.2, 0.25) is 5.02 Å². The first kappa shape index (κ1) is 19.2. The van der Waals surface area contributed by atoms with Gasteiger partial charge in [0.15, 0.2) is 5.82 Å². The number of ether oxygens (including phenoxy) is 1. The smallest absolute Gasteiger partial charge is 0.338 e. The Morgan fingerprint density at radius 2 is 1.96 bits per heavy atom. The highest BCUT2D eigenvalue weighted by Crippen LogP contribution is 2.25. The minimum absolute atomic E-state index is 0.150. The van der Waals surface area contributed by atoms with Gasteiger partial charge < -0.3 is 4.74 Å². The van der Waals surface area contributed by atoms with Crippen LogP contribution < -0.4 is 5.14 Å². The largest absolute Gasteiger partial charge is 0.454 e. The van der Waals surface area contributed by atoms with Crippen molar-refractivity contribution >= 4 is 38.6 Å². The van der Waals surface area contributed by atoms with Crippen LogP contribution in [0.25, 0.3) is 11.0 Å². The third-order valence-electron chi connectivity index (χ3n) is 3.67. The van der Waals surface area contributed by atoms with E-state index in [0.717, 1.165) is 6.07 Å². The second-order valence-electron chi connectivity index (χ2n) is 5.43. The van der Waals surface area contributed by atoms with Crippen LogP contribution in [0.15, 0.2) is 47.4 Å². The van der Waals surface area contributed by atoms with Gasteiger partial charge in [-0.1, -0.05) is 23.7 Å². The molecule has 0 spiro atoms. The van der Waals surface area contributed by atoms with Crippen LogP contribution in [0.1, 0.15) is 22.7 Å². The second kappa shape index (κ2) is 7.22. The topological polar surface area (TPSA) is 104 Å². The number of primary sulfonamides is 1. The maximum atomic E-state index is 13.4. The van der Waals surface area contributed by atoms with E-state index in [1.165, 1.54) is 18.2 Å². The Labute approximate surface area is 157 Å². The normalized spacial score (nSPS) is 11.9. The summed E-state index contributed by atoms with van der Waals surface area (Å²) in [6, 6.07) is 9.61. The molecule has 0 unspecified atom stereocenters. The average molecular weight is 416 g/mol. The van der Waals surface area contributed by atoms with Gasteiger partial charge in [0.05, 0.1) is 21.6 Å². The number of alkyl halides is 2. The molecule has 0 saturated heterocycles. The van der Waals surface area contributed by atoms with E-state index in [1.807, 2.05) is 0 Å². The summed E-state index contributed by atoms with van der Waals surface area (Å²) in [7, 11) is -4.15. The number of sulfonamides is 1. The van der Waals surface area contributed by atoms with Crippen molar-refractivity contribution in [1.29, 1.82) is 0 Å². The summed E-state index contributed by atoms with van der Waals surface area (Å²) < 4.78 is 55.3. The number of fused-ring (bicyclic) bond motifs is 1. The molecular formula is C16H12ClF2N3O4S. The lowest BCUT2D eigenvalue weighted by atomic mass is 10.2. The number of nitrogens with zero attached hydrogens (tertiary/aromatic N) is 2. The molecule has 0 aliphatic heterocycles. The fourth-order valence-corrected chi connectivity index (χ4v) is 3.55. The summed E-state index contributed by atoms with van der Waals surface area (Å²) in [5, 5.41) is 4.87. The lowest BCUT2D eigenvalue weighted by Gasteiger charge is -2.09. The summed E-state index contributed by atoms with van der Waals surface area (Å²) in [5.41, 5.74) is 0.372. The van der Waals surface area contributed by atoms with Gasteiger partial charge in [-0.05, 0) is 30.3 Å². The van der Waals surface area contributed by atoms with Crippen molar-refractivity contribution in [1.82, 2.24) is 9.55 Å². The SMILES string of the molecule is NS(=O)(=O)c1cc(C(=O)OCc2nc3ccccc3n2C(F)F)ccc1Cl. The zero-order valence-corrected chi connectivity index (χ0v) is 15.0. The Morgan fingerprint density at radius 3 is 2.63 bits per heavy atom. The molecule has 7 nitrogen and oxygen atoms in total. The summed E-state index contributed by atoms with van der Waals surface area (Å²) in [6.45, 7) is -3.42. The molecule has 0 atom stereocenters. The number of halogens is 3. The van der Waals surface area contributed by atoms with Crippen LogP contribution >= 0.6 is 11.6 Å². The van der Waals surface area contributed by atoms with Gasteiger partial charge in [0, 0.05) is 0 Å². The third-order valence-corrected chi connectivity index (χ3v) is 5.06. The van der Waals surface area contributed by atoms with E-state index in [9.17, 15) is 22.0 Å². The highest BCUT2D eigenvalue weighted by atomic mass is 35.5. The molecule has 0 aliphatic carbocycles. The van der Waals surface area contributed by atoms with E-state index in [2.05, 4.69) is 4.98 Å². The minimum Gasteiger partial charge on any atom is -0.454 e. The predicted molar refractivity (Wildman–Crippen MR) is 92.9 cm³/mol. The van der Waals surface area contributed by atoms with E-state index < -0.39 is 34.0 Å². The van der Waals surface area contributed by atoms with E-state index in [-0.39, 0.29) is 21.9 Å². The van der Waals surface area contributed by atoms with Gasteiger partial charge in [-0.3, -0.25) is 4.57 Å². The molecule has 1 aromatic heterocycles. The van der Waals surface area contributed by atoms with Gasteiger partial charge in [0.2, 0.25) is 10.0 Å². The lowest BCUT2D eigenvalue weighted by molar-refractivity contribution is 0.0387. The lowest BCUT2D eigenvalue weighted by Crippen LogP contribution is -2.15. The highest BCUT2D eigenvalue weighted by Gasteiger charge is 2.20. The molecule has 0 amide bonds. The number of nitrogens with two attached hydrogens (primary N) is 1. The van der Waals surface area contributed by atoms with Crippen molar-refractivity contribution in [3.63, 3.8) is 0 Å². The molecule has 27 heavy (non-hydrogen) atoms. The van der Waals surface area contributed by atoms with E-state index >= 15 is 0 Å². The standard InChI is InChI=1S/C16H12ClF2N3O4S/c17-10-6-5-9(7-13(10)27(20,24)25)15(23)26-8-14-21-11-3-1-2-4-12(11)22(14)16(18)19/h1-7,16H,8H2,(H2,20,24,25). The van der Waals surface area contributed by atoms with Gasteiger partial charge in [-0.15, -0.1) is 0 Å². The molecular weight excluding hydrogens is 404 g/mol. The molecule has 2 aromatic carbocycles. The maximum absolute atomic E-state index is 13.4. The van der Waals surface area contributed by atoms with Crippen LogP contribution in [0.5, 0.6) is 0 Å². The third kappa shape index (κ3) is 3.92. The number of carbonyl (C=O) groups excluding carboxylic acids is 1. The Hall–Kier alpha value is -2.56. The van der Waals surface area contributed by atoms with E-state index in [1.54, 1.807) is 18.2 Å². The first-order chi connectivity index (χ1) is 12.7. The average Bonchev–Trinajstić information content (AvgIpc) is 2.97. The van der Waals surface area contributed by atoms with Gasteiger partial charge >= 0.3 is 12.5 Å². The fourth-order valence-electron chi connectivity index (χ4n) is 2.48. The molecule has 0 fully saturated rings. The molecule has 142 valence electrons. The van der Waals surface area contributed by atoms with Gasteiger partial charge in [-0.25, -0.2) is 23.3 Å². The van der Waals surface area contributed by atoms with Crippen molar-refractivity contribution in [3.8, 4) is 0 Å². The first-order valence-corrected chi connectivity index (χ1v) is 9.34. The zero-order valence-electron chi connectivity index (χ0n) is 13.5. The summed E-state index contributed by atoms with van der Waals surface area (Å²) in [6.07, 6.45) is 0. The fraction of sp³-hybridized carbons (Fsp3) is 0.125. The van der Waals surface area contributed by atoms with Gasteiger partial charge in [-0.2, -0.15) is 8.78 Å². The molecule has 0 aliphatic rings. The summed E-state index contributed by atoms with van der Waals surface area (Å²) >= 11 is 5.75. The van der Waals surface area contributed by atoms with Crippen LogP contribution in [-0.4, -0.2) is 23.9 Å². The van der Waals surface area contributed by atoms with Gasteiger partial charge in [0.1, 0.15) is 11.5 Å². The Kier molecular flexibility index (Phi) is 5.13. The Balaban J connectivity index is 1.87. The number of para-hydroxylation sites is 2. The van der Waals surface area contributed by atoms with E-state index in [4.69, 9.17) is 21.5 Å². The number of hydrogen-bond acceptors (Lipinski definition) is 5. The van der Waals surface area contributed by atoms with Crippen LogP contribution in [-0.2, 0) is 21.4 Å². The quantitative estimate of drug-likeness (QED) is 0.645. The first-order valence-electron chi connectivity index (χ1n) is 7.42. The zero-order chi connectivity index (χ0) is 19.8. The van der Waals surface area contributed by atoms with Crippen molar-refractivity contribution in [2.45, 2.75) is 18.1 Å². The van der Waals surface area contributed by atoms with Crippen molar-refractivity contribution in [3.05, 3.63) is 58.9 Å². The van der Waals surface area contributed by atoms with E-state index in [0.29, 0.717) is 10.1 Å².